The average molecular weight is 761 g/mol. The Morgan fingerprint density at radius 3 is 2.46 bits per heavy atom. The molecule has 1 saturated heterocycles. The number of pyridine rings is 3. The lowest BCUT2D eigenvalue weighted by atomic mass is 9.92. The second kappa shape index (κ2) is 15.2. The van der Waals surface area contributed by atoms with Crippen molar-refractivity contribution in [1.29, 1.82) is 0 Å². The van der Waals surface area contributed by atoms with E-state index < -0.39 is 23.8 Å². The van der Waals surface area contributed by atoms with Gasteiger partial charge in [-0.05, 0) is 72.9 Å². The van der Waals surface area contributed by atoms with Gasteiger partial charge in [0.25, 0.3) is 11.8 Å². The van der Waals surface area contributed by atoms with Crippen LogP contribution in [0.4, 0.5) is 0 Å². The Bertz CT molecular complexity index is 2600. The normalized spacial score (nSPS) is 18.8. The van der Waals surface area contributed by atoms with Crippen molar-refractivity contribution in [3.8, 4) is 40.3 Å². The van der Waals surface area contributed by atoms with Gasteiger partial charge in [-0.25, -0.2) is 9.97 Å². The van der Waals surface area contributed by atoms with Gasteiger partial charge >= 0.3 is 0 Å². The van der Waals surface area contributed by atoms with Gasteiger partial charge in [0.15, 0.2) is 0 Å². The largest absolute Gasteiger partial charge is 0.491 e. The molecule has 57 heavy (non-hydrogen) atoms. The SMILES string of the molecule is C=C1CCC(N2C(=O)c3ccc(OCCOCC#Cc4ccc(OC5CC(Oc6ccc(-c7ccc8c(c7)[nH]c7ccncc78)cn6)C5)cn4)cc3C2=O)C(=O)N1. The zero-order valence-corrected chi connectivity index (χ0v) is 30.7. The van der Waals surface area contributed by atoms with Gasteiger partial charge in [0.05, 0.1) is 23.9 Å². The number of allylic oxidation sites excluding steroid dienone is 1. The summed E-state index contributed by atoms with van der Waals surface area (Å²) in [6.07, 6.45) is 9.56. The number of imide groups is 1. The maximum absolute atomic E-state index is 13.1. The smallest absolute Gasteiger partial charge is 0.262 e. The van der Waals surface area contributed by atoms with Crippen molar-refractivity contribution in [2.75, 3.05) is 19.8 Å². The first-order valence-electron chi connectivity index (χ1n) is 18.7. The molecule has 284 valence electrons. The third-order valence-corrected chi connectivity index (χ3v) is 10.3. The number of nitrogens with zero attached hydrogens (tertiary/aromatic N) is 4. The predicted octanol–water partition coefficient (Wildman–Crippen LogP) is 6.00. The Labute approximate surface area is 327 Å². The fourth-order valence-electron chi connectivity index (χ4n) is 7.23. The van der Waals surface area contributed by atoms with Crippen LogP contribution in [0.15, 0.2) is 104 Å². The topological polar surface area (TPSA) is 158 Å². The number of aromatic nitrogens is 4. The highest BCUT2D eigenvalue weighted by molar-refractivity contribution is 6.23. The van der Waals surface area contributed by atoms with E-state index >= 15 is 0 Å². The summed E-state index contributed by atoms with van der Waals surface area (Å²) in [6, 6.07) is 19.7. The predicted molar refractivity (Wildman–Crippen MR) is 210 cm³/mol. The quantitative estimate of drug-likeness (QED) is 0.0913. The third-order valence-electron chi connectivity index (χ3n) is 10.3. The molecule has 4 aromatic heterocycles. The first kappa shape index (κ1) is 35.6. The number of ether oxygens (including phenoxy) is 4. The van der Waals surface area contributed by atoms with Crippen LogP contribution in [0.3, 0.4) is 0 Å². The highest BCUT2D eigenvalue weighted by atomic mass is 16.5. The number of piperidine rings is 1. The number of benzene rings is 2. The maximum Gasteiger partial charge on any atom is 0.262 e. The summed E-state index contributed by atoms with van der Waals surface area (Å²) in [6.45, 7) is 4.39. The minimum atomic E-state index is -0.863. The van der Waals surface area contributed by atoms with Gasteiger partial charge in [-0.1, -0.05) is 24.6 Å². The number of rotatable bonds is 11. The summed E-state index contributed by atoms with van der Waals surface area (Å²) < 4.78 is 23.5. The van der Waals surface area contributed by atoms with E-state index in [1.807, 2.05) is 36.7 Å². The number of aromatic amines is 1. The molecule has 2 aliphatic heterocycles. The molecule has 6 aromatic rings. The summed E-state index contributed by atoms with van der Waals surface area (Å²) in [5, 5.41) is 4.88. The number of nitrogens with one attached hydrogen (secondary N) is 2. The monoisotopic (exact) mass is 760 g/mol. The fourth-order valence-corrected chi connectivity index (χ4v) is 7.23. The van der Waals surface area contributed by atoms with Crippen LogP contribution in [0.5, 0.6) is 17.4 Å². The van der Waals surface area contributed by atoms with E-state index in [1.54, 1.807) is 30.6 Å². The number of amides is 3. The van der Waals surface area contributed by atoms with Gasteiger partial charge in [0.2, 0.25) is 11.8 Å². The second-order valence-corrected chi connectivity index (χ2v) is 14.1. The Morgan fingerprint density at radius 1 is 0.789 bits per heavy atom. The van der Waals surface area contributed by atoms with Crippen LogP contribution in [-0.4, -0.2) is 80.6 Å². The molecule has 0 spiro atoms. The number of hydrogen-bond donors (Lipinski definition) is 2. The van der Waals surface area contributed by atoms with Gasteiger partial charge in [0, 0.05) is 70.6 Å². The third kappa shape index (κ3) is 7.38. The molecule has 2 N–H and O–H groups in total. The number of H-pyrrole nitrogens is 1. The average Bonchev–Trinajstić information content (AvgIpc) is 3.70. The first-order chi connectivity index (χ1) is 27.9. The summed E-state index contributed by atoms with van der Waals surface area (Å²) in [5.74, 6) is 6.18. The molecule has 1 saturated carbocycles. The van der Waals surface area contributed by atoms with Crippen LogP contribution in [0.2, 0.25) is 0 Å². The van der Waals surface area contributed by atoms with E-state index in [9.17, 15) is 14.4 Å². The van der Waals surface area contributed by atoms with Crippen molar-refractivity contribution in [3.63, 3.8) is 0 Å². The van der Waals surface area contributed by atoms with Crippen molar-refractivity contribution in [3.05, 3.63) is 121 Å². The summed E-state index contributed by atoms with van der Waals surface area (Å²) in [5.41, 5.74) is 5.83. The molecule has 0 radical (unpaired) electrons. The number of carbonyl (C=O) groups is 3. The molecule has 2 fully saturated rings. The van der Waals surface area contributed by atoms with Crippen molar-refractivity contribution in [2.45, 2.75) is 43.9 Å². The van der Waals surface area contributed by atoms with Crippen LogP contribution < -0.4 is 19.5 Å². The van der Waals surface area contributed by atoms with Crippen molar-refractivity contribution in [1.82, 2.24) is 30.2 Å². The van der Waals surface area contributed by atoms with Crippen LogP contribution >= 0.6 is 0 Å². The highest BCUT2D eigenvalue weighted by Crippen LogP contribution is 2.33. The highest BCUT2D eigenvalue weighted by Gasteiger charge is 2.44. The van der Waals surface area contributed by atoms with Gasteiger partial charge in [-0.15, -0.1) is 0 Å². The molecule has 13 heteroatoms. The molecular formula is C44H36N6O7. The number of hydrogen-bond acceptors (Lipinski definition) is 10. The molecule has 9 rings (SSSR count). The zero-order valence-electron chi connectivity index (χ0n) is 30.7. The number of carbonyl (C=O) groups excluding carboxylic acids is 3. The molecule has 3 amide bonds. The van der Waals surface area contributed by atoms with E-state index in [2.05, 4.69) is 61.9 Å². The van der Waals surface area contributed by atoms with E-state index in [4.69, 9.17) is 18.9 Å². The lowest BCUT2D eigenvalue weighted by Crippen LogP contribution is -2.51. The van der Waals surface area contributed by atoms with E-state index in [0.29, 0.717) is 41.6 Å². The number of fused-ring (bicyclic) bond motifs is 4. The van der Waals surface area contributed by atoms with E-state index in [-0.39, 0.29) is 43.2 Å². The van der Waals surface area contributed by atoms with Gasteiger partial charge in [-0.2, -0.15) is 0 Å². The van der Waals surface area contributed by atoms with Gasteiger partial charge in [0.1, 0.15) is 48.7 Å². The van der Waals surface area contributed by atoms with Crippen LogP contribution in [0, 0.1) is 11.8 Å². The summed E-state index contributed by atoms with van der Waals surface area (Å²) in [7, 11) is 0. The second-order valence-electron chi connectivity index (χ2n) is 14.1. The molecule has 13 nitrogen and oxygen atoms in total. The molecule has 1 atom stereocenters. The zero-order chi connectivity index (χ0) is 38.9. The molecule has 0 bridgehead atoms. The van der Waals surface area contributed by atoms with Crippen molar-refractivity contribution < 1.29 is 33.3 Å². The van der Waals surface area contributed by atoms with Crippen molar-refractivity contribution in [2.24, 2.45) is 0 Å². The van der Waals surface area contributed by atoms with Crippen LogP contribution in [0.1, 0.15) is 52.1 Å². The lowest BCUT2D eigenvalue weighted by molar-refractivity contribution is -0.125. The van der Waals surface area contributed by atoms with Crippen LogP contribution in [-0.2, 0) is 9.53 Å². The molecular weight excluding hydrogens is 725 g/mol. The minimum absolute atomic E-state index is 0.0289. The van der Waals surface area contributed by atoms with Gasteiger partial charge < -0.3 is 29.2 Å². The minimum Gasteiger partial charge on any atom is -0.491 e. The molecule has 1 aliphatic carbocycles. The molecule has 3 aliphatic rings. The molecule has 6 heterocycles. The standard InChI is InChI=1S/C44H36N6O7/c1-26-4-12-40(42(51)48-26)50-43(52)35-11-9-30(22-36(35)44(50)53)55-18-17-54-16-2-3-29-7-8-31(24-46-29)56-32-20-33(21-32)57-41-13-6-28(23-47-41)27-5-10-34-37-25-45-15-14-38(37)49-39(34)19-27/h5-11,13-15,19,22-25,32-33,40,49H,1,4,12,16-18,20-21H2,(H,48,51). The molecule has 2 aromatic carbocycles. The Kier molecular flexibility index (Phi) is 9.53. The Hall–Kier alpha value is -7.04. The summed E-state index contributed by atoms with van der Waals surface area (Å²) in [4.78, 5) is 56.1. The molecule has 1 unspecified atom stereocenters. The van der Waals surface area contributed by atoms with E-state index in [0.717, 1.165) is 50.7 Å². The Balaban J connectivity index is 0.679. The first-order valence-corrected chi connectivity index (χ1v) is 18.7. The van der Waals surface area contributed by atoms with Crippen LogP contribution in [0.25, 0.3) is 32.9 Å². The lowest BCUT2D eigenvalue weighted by Gasteiger charge is -2.34. The van der Waals surface area contributed by atoms with E-state index in [1.165, 1.54) is 6.07 Å². The summed E-state index contributed by atoms with van der Waals surface area (Å²) >= 11 is 0. The fraction of sp³-hybridized carbons (Fsp3) is 0.227. The van der Waals surface area contributed by atoms with Gasteiger partial charge in [-0.3, -0.25) is 24.3 Å². The maximum atomic E-state index is 13.1. The Morgan fingerprint density at radius 2 is 1.63 bits per heavy atom. The van der Waals surface area contributed by atoms with Crippen molar-refractivity contribution >= 4 is 39.5 Å².